The number of esters is 1. The zero-order valence-corrected chi connectivity index (χ0v) is 15.0. The Kier molecular flexibility index (Phi) is 5.76. The van der Waals surface area contributed by atoms with Gasteiger partial charge >= 0.3 is 5.97 Å². The third kappa shape index (κ3) is 4.55. The SMILES string of the molecule is C[C@H](OC(=O)c1ccc[nH]1)C(=O)Nc1ccccc1Sc1ccccc1. The van der Waals surface area contributed by atoms with Gasteiger partial charge in [0.2, 0.25) is 0 Å². The maximum absolute atomic E-state index is 12.4. The van der Waals surface area contributed by atoms with E-state index < -0.39 is 12.1 Å². The van der Waals surface area contributed by atoms with E-state index in [1.807, 2.05) is 54.6 Å². The van der Waals surface area contributed by atoms with E-state index in [0.717, 1.165) is 9.79 Å². The van der Waals surface area contributed by atoms with Crippen molar-refractivity contribution in [3.05, 3.63) is 78.6 Å². The van der Waals surface area contributed by atoms with Crippen LogP contribution in [-0.2, 0) is 9.53 Å². The zero-order chi connectivity index (χ0) is 18.4. The molecule has 3 aromatic rings. The second-order valence-corrected chi connectivity index (χ2v) is 6.65. The third-order valence-electron chi connectivity index (χ3n) is 3.59. The largest absolute Gasteiger partial charge is 0.448 e. The molecule has 0 aliphatic carbocycles. The first-order valence-corrected chi connectivity index (χ1v) is 8.92. The molecule has 26 heavy (non-hydrogen) atoms. The number of hydrogen-bond acceptors (Lipinski definition) is 4. The van der Waals surface area contributed by atoms with Crippen LogP contribution in [-0.4, -0.2) is 23.0 Å². The van der Waals surface area contributed by atoms with E-state index in [0.29, 0.717) is 11.4 Å². The first-order chi connectivity index (χ1) is 12.6. The number of ether oxygens (including phenoxy) is 1. The summed E-state index contributed by atoms with van der Waals surface area (Å²) in [5.41, 5.74) is 0.985. The average Bonchev–Trinajstić information content (AvgIpc) is 3.19. The fraction of sp³-hybridized carbons (Fsp3) is 0.100. The van der Waals surface area contributed by atoms with Crippen molar-refractivity contribution in [3.8, 4) is 0 Å². The summed E-state index contributed by atoms with van der Waals surface area (Å²) in [7, 11) is 0. The van der Waals surface area contributed by atoms with E-state index in [2.05, 4.69) is 10.3 Å². The highest BCUT2D eigenvalue weighted by Crippen LogP contribution is 2.33. The van der Waals surface area contributed by atoms with Crippen LogP contribution in [0.2, 0.25) is 0 Å². The molecule has 3 rings (SSSR count). The molecule has 0 fully saturated rings. The number of anilines is 1. The lowest BCUT2D eigenvalue weighted by atomic mass is 10.3. The molecule has 0 bridgehead atoms. The average molecular weight is 366 g/mol. The van der Waals surface area contributed by atoms with Gasteiger partial charge in [0.1, 0.15) is 5.69 Å². The van der Waals surface area contributed by atoms with Crippen molar-refractivity contribution in [3.63, 3.8) is 0 Å². The van der Waals surface area contributed by atoms with Crippen LogP contribution in [0.25, 0.3) is 0 Å². The Morgan fingerprint density at radius 1 is 1.00 bits per heavy atom. The van der Waals surface area contributed by atoms with Gasteiger partial charge in [0.15, 0.2) is 6.10 Å². The summed E-state index contributed by atoms with van der Waals surface area (Å²) in [5, 5.41) is 2.83. The van der Waals surface area contributed by atoms with E-state index in [1.165, 1.54) is 0 Å². The van der Waals surface area contributed by atoms with Crippen LogP contribution in [0.4, 0.5) is 5.69 Å². The van der Waals surface area contributed by atoms with E-state index in [9.17, 15) is 9.59 Å². The van der Waals surface area contributed by atoms with E-state index in [-0.39, 0.29) is 5.91 Å². The van der Waals surface area contributed by atoms with E-state index >= 15 is 0 Å². The van der Waals surface area contributed by atoms with Gasteiger partial charge in [-0.05, 0) is 43.3 Å². The molecule has 0 aliphatic heterocycles. The van der Waals surface area contributed by atoms with Crippen LogP contribution in [0, 0.1) is 0 Å². The lowest BCUT2D eigenvalue weighted by Gasteiger charge is -2.15. The number of rotatable bonds is 6. The molecule has 1 amide bonds. The lowest BCUT2D eigenvalue weighted by molar-refractivity contribution is -0.123. The predicted molar refractivity (Wildman–Crippen MR) is 101 cm³/mol. The van der Waals surface area contributed by atoms with Crippen LogP contribution >= 0.6 is 11.8 Å². The highest BCUT2D eigenvalue weighted by Gasteiger charge is 2.20. The monoisotopic (exact) mass is 366 g/mol. The van der Waals surface area contributed by atoms with Crippen LogP contribution in [0.1, 0.15) is 17.4 Å². The van der Waals surface area contributed by atoms with E-state index in [1.54, 1.807) is 37.0 Å². The number of carbonyl (C=O) groups is 2. The fourth-order valence-corrected chi connectivity index (χ4v) is 3.17. The standard InChI is InChI=1S/C20H18N2O3S/c1-14(25-20(24)17-11-7-13-21-17)19(23)22-16-10-5-6-12-18(16)26-15-8-3-2-4-9-15/h2-14,21H,1H3,(H,22,23)/t14-/m0/s1. The molecule has 0 radical (unpaired) electrons. The Morgan fingerprint density at radius 2 is 1.73 bits per heavy atom. The van der Waals surface area contributed by atoms with Gasteiger partial charge in [-0.2, -0.15) is 0 Å². The summed E-state index contributed by atoms with van der Waals surface area (Å²) in [6, 6.07) is 20.7. The van der Waals surface area contributed by atoms with Gasteiger partial charge in [0, 0.05) is 16.0 Å². The molecule has 0 spiro atoms. The molecule has 1 heterocycles. The minimum Gasteiger partial charge on any atom is -0.448 e. The number of aromatic nitrogens is 1. The van der Waals surface area contributed by atoms with Crippen molar-refractivity contribution in [2.45, 2.75) is 22.8 Å². The topological polar surface area (TPSA) is 71.2 Å². The highest BCUT2D eigenvalue weighted by atomic mass is 32.2. The molecule has 0 unspecified atom stereocenters. The van der Waals surface area contributed by atoms with Crippen LogP contribution in [0.3, 0.4) is 0 Å². The second kappa shape index (κ2) is 8.40. The number of para-hydroxylation sites is 1. The summed E-state index contributed by atoms with van der Waals surface area (Å²) in [6.45, 7) is 1.54. The van der Waals surface area contributed by atoms with Crippen molar-refractivity contribution in [1.29, 1.82) is 0 Å². The Balaban J connectivity index is 1.66. The number of H-pyrrole nitrogens is 1. The number of carbonyl (C=O) groups excluding carboxylic acids is 2. The van der Waals surface area contributed by atoms with Gasteiger partial charge in [-0.25, -0.2) is 4.79 Å². The Bertz CT molecular complexity index is 879. The molecule has 5 nitrogen and oxygen atoms in total. The Morgan fingerprint density at radius 3 is 2.46 bits per heavy atom. The molecule has 0 saturated carbocycles. The Hall–Kier alpha value is -2.99. The van der Waals surface area contributed by atoms with Gasteiger partial charge in [0.05, 0.1) is 5.69 Å². The van der Waals surface area contributed by atoms with Gasteiger partial charge in [0.25, 0.3) is 5.91 Å². The van der Waals surface area contributed by atoms with Crippen molar-refractivity contribution in [1.82, 2.24) is 4.98 Å². The molecule has 6 heteroatoms. The summed E-state index contributed by atoms with van der Waals surface area (Å²) in [4.78, 5) is 29.1. The van der Waals surface area contributed by atoms with Crippen LogP contribution < -0.4 is 5.32 Å². The van der Waals surface area contributed by atoms with Crippen LogP contribution in [0.15, 0.2) is 82.7 Å². The van der Waals surface area contributed by atoms with Crippen molar-refractivity contribution in [2.75, 3.05) is 5.32 Å². The summed E-state index contributed by atoms with van der Waals surface area (Å²) in [6.07, 6.45) is 0.707. The van der Waals surface area contributed by atoms with Crippen molar-refractivity contribution < 1.29 is 14.3 Å². The van der Waals surface area contributed by atoms with Gasteiger partial charge in [-0.3, -0.25) is 4.79 Å². The quantitative estimate of drug-likeness (QED) is 0.636. The molecule has 2 aromatic carbocycles. The number of nitrogens with one attached hydrogen (secondary N) is 2. The van der Waals surface area contributed by atoms with Gasteiger partial charge in [-0.15, -0.1) is 0 Å². The van der Waals surface area contributed by atoms with Gasteiger partial charge < -0.3 is 15.0 Å². The predicted octanol–water partition coefficient (Wildman–Crippen LogP) is 4.35. The second-order valence-electron chi connectivity index (χ2n) is 5.53. The fourth-order valence-electron chi connectivity index (χ4n) is 2.24. The smallest absolute Gasteiger partial charge is 0.355 e. The third-order valence-corrected chi connectivity index (χ3v) is 4.67. The van der Waals surface area contributed by atoms with Crippen LogP contribution in [0.5, 0.6) is 0 Å². The molecular formula is C20H18N2O3S. The molecule has 1 aromatic heterocycles. The number of amides is 1. The number of hydrogen-bond donors (Lipinski definition) is 2. The van der Waals surface area contributed by atoms with Crippen molar-refractivity contribution >= 4 is 29.3 Å². The first kappa shape index (κ1) is 17.8. The lowest BCUT2D eigenvalue weighted by Crippen LogP contribution is -2.30. The highest BCUT2D eigenvalue weighted by molar-refractivity contribution is 7.99. The molecule has 2 N–H and O–H groups in total. The summed E-state index contributed by atoms with van der Waals surface area (Å²) in [5.74, 6) is -0.949. The molecular weight excluding hydrogens is 348 g/mol. The number of aromatic amines is 1. The maximum Gasteiger partial charge on any atom is 0.355 e. The van der Waals surface area contributed by atoms with Gasteiger partial charge in [-0.1, -0.05) is 42.1 Å². The first-order valence-electron chi connectivity index (χ1n) is 8.10. The van der Waals surface area contributed by atoms with E-state index in [4.69, 9.17) is 4.74 Å². The minimum absolute atomic E-state index is 0.310. The molecule has 1 atom stereocenters. The number of benzene rings is 2. The molecule has 132 valence electrons. The maximum atomic E-state index is 12.4. The zero-order valence-electron chi connectivity index (χ0n) is 14.1. The molecule has 0 saturated heterocycles. The van der Waals surface area contributed by atoms with Crippen molar-refractivity contribution in [2.24, 2.45) is 0 Å². The Labute approximate surface area is 155 Å². The minimum atomic E-state index is -0.916. The summed E-state index contributed by atoms with van der Waals surface area (Å²) < 4.78 is 5.20. The molecule has 0 aliphatic rings. The summed E-state index contributed by atoms with van der Waals surface area (Å²) >= 11 is 1.55. The normalized spacial score (nSPS) is 11.6.